The number of carbonyl (C=O) groups is 1. The fraction of sp³-hybridized carbons (Fsp3) is 0.600. The standard InChI is InChI=1S/C10H13NO4S/c1-7-9(5-12)15-10(11-7)8-3-2-4-16(13,14)6-8/h5,8H,2-4,6H2,1H3. The number of carbonyl (C=O) groups excluding carboxylic acids is 1. The van der Waals surface area contributed by atoms with E-state index in [-0.39, 0.29) is 23.2 Å². The van der Waals surface area contributed by atoms with E-state index in [2.05, 4.69) is 4.98 Å². The molecule has 1 unspecified atom stereocenters. The van der Waals surface area contributed by atoms with Crippen LogP contribution in [0, 0.1) is 6.92 Å². The lowest BCUT2D eigenvalue weighted by atomic mass is 10.1. The molecule has 1 aliphatic rings. The summed E-state index contributed by atoms with van der Waals surface area (Å²) in [5.41, 5.74) is 0.521. The second-order valence-corrected chi connectivity index (χ2v) is 6.30. The monoisotopic (exact) mass is 243 g/mol. The first-order valence-corrected chi connectivity index (χ1v) is 6.97. The molecule has 2 heterocycles. The number of aryl methyl sites for hydroxylation is 1. The first-order valence-electron chi connectivity index (χ1n) is 5.15. The Morgan fingerprint density at radius 1 is 1.50 bits per heavy atom. The second-order valence-electron chi connectivity index (χ2n) is 4.07. The molecule has 0 amide bonds. The third kappa shape index (κ3) is 2.16. The smallest absolute Gasteiger partial charge is 0.199 e. The van der Waals surface area contributed by atoms with Crippen molar-refractivity contribution >= 4 is 16.1 Å². The summed E-state index contributed by atoms with van der Waals surface area (Å²) in [6.07, 6.45) is 1.98. The molecule has 2 rings (SSSR count). The Morgan fingerprint density at radius 2 is 2.25 bits per heavy atom. The fourth-order valence-electron chi connectivity index (χ4n) is 1.93. The number of hydrogen-bond donors (Lipinski definition) is 0. The third-order valence-corrected chi connectivity index (χ3v) is 4.59. The molecule has 0 aliphatic carbocycles. The van der Waals surface area contributed by atoms with E-state index in [1.165, 1.54) is 0 Å². The molecule has 16 heavy (non-hydrogen) atoms. The van der Waals surface area contributed by atoms with Crippen LogP contribution in [0.1, 0.15) is 40.9 Å². The maximum Gasteiger partial charge on any atom is 0.199 e. The average molecular weight is 243 g/mol. The van der Waals surface area contributed by atoms with Gasteiger partial charge in [0.2, 0.25) is 0 Å². The molecule has 0 bridgehead atoms. The maximum absolute atomic E-state index is 11.5. The highest BCUT2D eigenvalue weighted by atomic mass is 32.2. The van der Waals surface area contributed by atoms with Crippen LogP contribution in [0.2, 0.25) is 0 Å². The molecule has 0 spiro atoms. The Morgan fingerprint density at radius 3 is 2.81 bits per heavy atom. The highest BCUT2D eigenvalue weighted by molar-refractivity contribution is 7.91. The predicted octanol–water partition coefficient (Wildman–Crippen LogP) is 1.09. The lowest BCUT2D eigenvalue weighted by molar-refractivity contribution is 0.109. The molecule has 0 aromatic carbocycles. The summed E-state index contributed by atoms with van der Waals surface area (Å²) in [5, 5.41) is 0. The van der Waals surface area contributed by atoms with Crippen LogP contribution in [0.4, 0.5) is 0 Å². The van der Waals surface area contributed by atoms with E-state index < -0.39 is 9.84 Å². The van der Waals surface area contributed by atoms with Crippen LogP contribution < -0.4 is 0 Å². The van der Waals surface area contributed by atoms with Crippen LogP contribution in [0.5, 0.6) is 0 Å². The number of nitrogens with zero attached hydrogens (tertiary/aromatic N) is 1. The van der Waals surface area contributed by atoms with Crippen molar-refractivity contribution in [3.8, 4) is 0 Å². The average Bonchev–Trinajstić information content (AvgIpc) is 2.58. The lowest BCUT2D eigenvalue weighted by Gasteiger charge is -2.18. The lowest BCUT2D eigenvalue weighted by Crippen LogP contribution is -2.23. The minimum Gasteiger partial charge on any atom is -0.437 e. The van der Waals surface area contributed by atoms with E-state index in [0.29, 0.717) is 24.3 Å². The van der Waals surface area contributed by atoms with Gasteiger partial charge in [0, 0.05) is 5.92 Å². The van der Waals surface area contributed by atoms with Crippen molar-refractivity contribution in [1.29, 1.82) is 0 Å². The molecule has 5 nitrogen and oxygen atoms in total. The van der Waals surface area contributed by atoms with E-state index >= 15 is 0 Å². The summed E-state index contributed by atoms with van der Waals surface area (Å²) >= 11 is 0. The van der Waals surface area contributed by atoms with Gasteiger partial charge in [0.05, 0.1) is 17.2 Å². The molecule has 1 aliphatic heterocycles. The van der Waals surface area contributed by atoms with E-state index in [0.717, 1.165) is 6.42 Å². The largest absolute Gasteiger partial charge is 0.437 e. The number of rotatable bonds is 2. The molecule has 1 aromatic rings. The number of sulfone groups is 1. The molecule has 1 saturated heterocycles. The molecule has 0 saturated carbocycles. The highest BCUT2D eigenvalue weighted by Gasteiger charge is 2.29. The Labute approximate surface area is 93.8 Å². The van der Waals surface area contributed by atoms with Crippen molar-refractivity contribution in [2.45, 2.75) is 25.7 Å². The van der Waals surface area contributed by atoms with Crippen molar-refractivity contribution in [3.63, 3.8) is 0 Å². The first-order chi connectivity index (χ1) is 7.52. The van der Waals surface area contributed by atoms with Crippen LogP contribution in [-0.4, -0.2) is 31.2 Å². The molecule has 1 atom stereocenters. The van der Waals surface area contributed by atoms with Gasteiger partial charge in [-0.15, -0.1) is 0 Å². The van der Waals surface area contributed by atoms with Crippen LogP contribution in [0.3, 0.4) is 0 Å². The molecular formula is C10H13NO4S. The van der Waals surface area contributed by atoms with Gasteiger partial charge in [0.1, 0.15) is 0 Å². The molecule has 0 radical (unpaired) electrons. The van der Waals surface area contributed by atoms with Gasteiger partial charge in [-0.2, -0.15) is 0 Å². The zero-order chi connectivity index (χ0) is 11.8. The quantitative estimate of drug-likeness (QED) is 0.726. The van der Waals surface area contributed by atoms with Gasteiger partial charge in [0.25, 0.3) is 0 Å². The summed E-state index contributed by atoms with van der Waals surface area (Å²) in [4.78, 5) is 14.7. The third-order valence-electron chi connectivity index (χ3n) is 2.77. The number of oxazole rings is 1. The molecule has 1 fully saturated rings. The van der Waals surface area contributed by atoms with Gasteiger partial charge in [-0.25, -0.2) is 13.4 Å². The minimum atomic E-state index is -2.98. The Bertz CT molecular complexity index is 503. The Balaban J connectivity index is 2.27. The zero-order valence-electron chi connectivity index (χ0n) is 8.97. The number of aromatic nitrogens is 1. The van der Waals surface area contributed by atoms with E-state index in [4.69, 9.17) is 4.42 Å². The van der Waals surface area contributed by atoms with Gasteiger partial charge in [-0.1, -0.05) is 0 Å². The van der Waals surface area contributed by atoms with Gasteiger partial charge in [-0.05, 0) is 19.8 Å². The van der Waals surface area contributed by atoms with E-state index in [1.54, 1.807) is 6.92 Å². The van der Waals surface area contributed by atoms with Gasteiger partial charge in [0.15, 0.2) is 27.8 Å². The second kappa shape index (κ2) is 4.01. The summed E-state index contributed by atoms with van der Waals surface area (Å²) in [6.45, 7) is 1.67. The molecule has 88 valence electrons. The first kappa shape index (κ1) is 11.3. The van der Waals surface area contributed by atoms with Crippen molar-refractivity contribution in [2.75, 3.05) is 11.5 Å². The van der Waals surface area contributed by atoms with Crippen LogP contribution in [0.25, 0.3) is 0 Å². The maximum atomic E-state index is 11.5. The molecular weight excluding hydrogens is 230 g/mol. The van der Waals surface area contributed by atoms with E-state index in [9.17, 15) is 13.2 Å². The number of aldehydes is 1. The zero-order valence-corrected chi connectivity index (χ0v) is 9.79. The van der Waals surface area contributed by atoms with Crippen molar-refractivity contribution in [3.05, 3.63) is 17.3 Å². The molecule has 1 aromatic heterocycles. The van der Waals surface area contributed by atoms with Crippen molar-refractivity contribution < 1.29 is 17.6 Å². The molecule has 6 heteroatoms. The van der Waals surface area contributed by atoms with E-state index in [1.807, 2.05) is 0 Å². The summed E-state index contributed by atoms with van der Waals surface area (Å²) in [7, 11) is -2.98. The summed E-state index contributed by atoms with van der Waals surface area (Å²) in [6, 6.07) is 0. The highest BCUT2D eigenvalue weighted by Crippen LogP contribution is 2.28. The minimum absolute atomic E-state index is 0.0747. The Hall–Kier alpha value is -1.17. The van der Waals surface area contributed by atoms with Crippen LogP contribution >= 0.6 is 0 Å². The molecule has 0 N–H and O–H groups in total. The van der Waals surface area contributed by atoms with Crippen molar-refractivity contribution in [2.24, 2.45) is 0 Å². The summed E-state index contributed by atoms with van der Waals surface area (Å²) in [5.74, 6) is 0.682. The topological polar surface area (TPSA) is 77.2 Å². The van der Waals surface area contributed by atoms with Gasteiger partial charge < -0.3 is 4.42 Å². The number of hydrogen-bond acceptors (Lipinski definition) is 5. The Kier molecular flexibility index (Phi) is 2.84. The summed E-state index contributed by atoms with van der Waals surface area (Å²) < 4.78 is 28.2. The normalized spacial score (nSPS) is 24.2. The fourth-order valence-corrected chi connectivity index (χ4v) is 3.63. The van der Waals surface area contributed by atoms with Gasteiger partial charge in [-0.3, -0.25) is 4.79 Å². The predicted molar refractivity (Wildman–Crippen MR) is 57.3 cm³/mol. The van der Waals surface area contributed by atoms with Crippen molar-refractivity contribution in [1.82, 2.24) is 4.98 Å². The SMILES string of the molecule is Cc1nc(C2CCCS(=O)(=O)C2)oc1C=O. The van der Waals surface area contributed by atoms with Gasteiger partial charge >= 0.3 is 0 Å². The van der Waals surface area contributed by atoms with Crippen LogP contribution in [0.15, 0.2) is 4.42 Å². The van der Waals surface area contributed by atoms with Crippen LogP contribution in [-0.2, 0) is 9.84 Å².